The highest BCUT2D eigenvalue weighted by atomic mass is 14.1. The Morgan fingerprint density at radius 3 is 2.29 bits per heavy atom. The van der Waals surface area contributed by atoms with Gasteiger partial charge in [-0.05, 0) is 38.2 Å². The molecule has 0 heterocycles. The van der Waals surface area contributed by atoms with Crippen LogP contribution in [0.3, 0.4) is 0 Å². The molecule has 0 saturated heterocycles. The van der Waals surface area contributed by atoms with Gasteiger partial charge in [-0.15, -0.1) is 0 Å². The maximum atomic E-state index is 2.46. The average molecular weight is 288 g/mol. The molecule has 0 aromatic rings. The third kappa shape index (κ3) is 12.3. The number of rotatable bonds is 12. The molecule has 0 fully saturated rings. The lowest BCUT2D eigenvalue weighted by molar-refractivity contribution is 0.537. The molecule has 0 saturated carbocycles. The van der Waals surface area contributed by atoms with E-state index in [4.69, 9.17) is 0 Å². The van der Waals surface area contributed by atoms with Gasteiger partial charge in [0.1, 0.15) is 5.92 Å². The van der Waals surface area contributed by atoms with Crippen molar-refractivity contribution in [3.63, 3.8) is 0 Å². The van der Waals surface area contributed by atoms with Gasteiger partial charge >= 0.3 is 0 Å². The van der Waals surface area contributed by atoms with Crippen LogP contribution in [0.2, 0.25) is 0 Å². The molecule has 0 rings (SSSR count). The highest BCUT2D eigenvalue weighted by Crippen LogP contribution is 2.17. The van der Waals surface area contributed by atoms with Crippen molar-refractivity contribution in [3.8, 4) is 0 Å². The van der Waals surface area contributed by atoms with Crippen molar-refractivity contribution >= 4 is 0 Å². The van der Waals surface area contributed by atoms with Crippen molar-refractivity contribution < 1.29 is 0 Å². The molecule has 0 spiro atoms. The van der Waals surface area contributed by atoms with Crippen molar-refractivity contribution in [2.45, 2.75) is 72.6 Å². The van der Waals surface area contributed by atoms with Crippen LogP contribution in [0.4, 0.5) is 0 Å². The van der Waals surface area contributed by atoms with E-state index in [2.05, 4.69) is 76.6 Å². The molecule has 21 heavy (non-hydrogen) atoms. The molecule has 0 amide bonds. The van der Waals surface area contributed by atoms with E-state index in [0.717, 1.165) is 25.2 Å². The van der Waals surface area contributed by atoms with E-state index in [1.807, 2.05) is 0 Å². The van der Waals surface area contributed by atoms with Gasteiger partial charge in [0, 0.05) is 6.42 Å². The van der Waals surface area contributed by atoms with E-state index in [1.165, 1.54) is 31.3 Å². The van der Waals surface area contributed by atoms with Crippen LogP contribution in [0, 0.1) is 12.3 Å². The van der Waals surface area contributed by atoms with E-state index in [9.17, 15) is 0 Å². The highest BCUT2D eigenvalue weighted by Gasteiger charge is 2.12. The van der Waals surface area contributed by atoms with Gasteiger partial charge in [0.2, 0.25) is 0 Å². The molecule has 1 unspecified atom stereocenters. The Kier molecular flexibility index (Phi) is 14.4. The van der Waals surface area contributed by atoms with Crippen LogP contribution in [-0.2, 0) is 0 Å². The molecule has 0 aliphatic heterocycles. The lowest BCUT2D eigenvalue weighted by atomic mass is 9.94. The van der Waals surface area contributed by atoms with Gasteiger partial charge in [-0.3, -0.25) is 0 Å². The third-order valence-corrected chi connectivity index (χ3v) is 3.40. The Bertz CT molecular complexity index is 322. The molecule has 0 bridgehead atoms. The largest absolute Gasteiger partial charge is 0.101 e. The fourth-order valence-electron chi connectivity index (χ4n) is 2.39. The zero-order chi connectivity index (χ0) is 15.8. The van der Waals surface area contributed by atoms with Crippen LogP contribution >= 0.6 is 0 Å². The minimum absolute atomic E-state index is 0.746. The summed E-state index contributed by atoms with van der Waals surface area (Å²) in [6.07, 6.45) is 26.5. The quantitative estimate of drug-likeness (QED) is 0.202. The number of allylic oxidation sites excluding steroid dienone is 8. The Hall–Kier alpha value is -1.17. The van der Waals surface area contributed by atoms with Crippen LogP contribution in [0.15, 0.2) is 48.1 Å². The van der Waals surface area contributed by atoms with Gasteiger partial charge in [0.25, 0.3) is 0 Å². The number of hydrogen-bond donors (Lipinski definition) is 0. The molecule has 0 aromatic heterocycles. The number of hydrogen-bond acceptors (Lipinski definition) is 0. The van der Waals surface area contributed by atoms with E-state index < -0.39 is 0 Å². The summed E-state index contributed by atoms with van der Waals surface area (Å²) < 4.78 is 0. The van der Waals surface area contributed by atoms with Gasteiger partial charge in [-0.2, -0.15) is 0 Å². The van der Waals surface area contributed by atoms with Crippen LogP contribution in [-0.4, -0.2) is 0 Å². The van der Waals surface area contributed by atoms with Gasteiger partial charge in [0.05, 0.1) is 12.8 Å². The van der Waals surface area contributed by atoms with Gasteiger partial charge in [0.15, 0.2) is 0 Å². The Morgan fingerprint density at radius 2 is 1.67 bits per heavy atom. The summed E-state index contributed by atoms with van der Waals surface area (Å²) in [6, 6.07) is 0. The summed E-state index contributed by atoms with van der Waals surface area (Å²) in [5, 5.41) is 0. The second-order valence-electron chi connectivity index (χ2n) is 5.46. The SMILES string of the molecule is CCC=CCC=CC(C=CCC([CH+]CC)CCC)=CCC. The first-order chi connectivity index (χ1) is 10.3. The second kappa shape index (κ2) is 15.2. The van der Waals surface area contributed by atoms with Crippen molar-refractivity contribution in [1.29, 1.82) is 0 Å². The third-order valence-electron chi connectivity index (χ3n) is 3.40. The maximum Gasteiger partial charge on any atom is 0.101 e. The fourth-order valence-corrected chi connectivity index (χ4v) is 2.39. The normalized spacial score (nSPS) is 14.6. The smallest absolute Gasteiger partial charge is 0.0885 e. The molecule has 0 nitrogen and oxygen atoms in total. The molecule has 118 valence electrons. The summed E-state index contributed by atoms with van der Waals surface area (Å²) in [5.41, 5.74) is 1.34. The van der Waals surface area contributed by atoms with Crippen molar-refractivity contribution in [3.05, 3.63) is 54.5 Å². The lowest BCUT2D eigenvalue weighted by Gasteiger charge is -2.04. The predicted molar refractivity (Wildman–Crippen MR) is 98.3 cm³/mol. The van der Waals surface area contributed by atoms with Gasteiger partial charge in [-0.25, -0.2) is 0 Å². The van der Waals surface area contributed by atoms with E-state index in [1.54, 1.807) is 0 Å². The van der Waals surface area contributed by atoms with E-state index >= 15 is 0 Å². The Balaban J connectivity index is 4.38. The summed E-state index contributed by atoms with van der Waals surface area (Å²) >= 11 is 0. The Labute approximate surface area is 133 Å². The topological polar surface area (TPSA) is 0 Å². The molecular weight excluding hydrogens is 252 g/mol. The minimum atomic E-state index is 0.746. The molecule has 0 aliphatic carbocycles. The Morgan fingerprint density at radius 1 is 0.905 bits per heavy atom. The minimum Gasteiger partial charge on any atom is -0.0885 e. The molecular formula is C21H35+. The second-order valence-corrected chi connectivity index (χ2v) is 5.46. The molecule has 0 aromatic carbocycles. The van der Waals surface area contributed by atoms with E-state index in [-0.39, 0.29) is 0 Å². The first kappa shape index (κ1) is 19.8. The van der Waals surface area contributed by atoms with Crippen molar-refractivity contribution in [2.75, 3.05) is 0 Å². The van der Waals surface area contributed by atoms with E-state index in [0.29, 0.717) is 0 Å². The highest BCUT2D eigenvalue weighted by molar-refractivity contribution is 5.30. The molecule has 1 atom stereocenters. The standard InChI is InChI=1S/C21H35/c1-5-9-10-11-12-17-21(16-8-4)19-13-18-20(14-6-2)15-7-3/h9-10,12-14,16-17,19-20H,5-8,11,15,18H2,1-4H3/q+1. The molecule has 0 radical (unpaired) electrons. The van der Waals surface area contributed by atoms with Gasteiger partial charge in [-0.1, -0.05) is 69.7 Å². The average Bonchev–Trinajstić information content (AvgIpc) is 2.47. The van der Waals surface area contributed by atoms with Crippen molar-refractivity contribution in [2.24, 2.45) is 5.92 Å². The van der Waals surface area contributed by atoms with Crippen LogP contribution in [0.1, 0.15) is 72.6 Å². The first-order valence-electron chi connectivity index (χ1n) is 8.79. The molecule has 0 aliphatic rings. The predicted octanol–water partition coefficient (Wildman–Crippen LogP) is 7.21. The van der Waals surface area contributed by atoms with Crippen LogP contribution < -0.4 is 0 Å². The lowest BCUT2D eigenvalue weighted by Crippen LogP contribution is -1.98. The van der Waals surface area contributed by atoms with Crippen LogP contribution in [0.25, 0.3) is 0 Å². The van der Waals surface area contributed by atoms with Gasteiger partial charge < -0.3 is 0 Å². The van der Waals surface area contributed by atoms with Crippen LogP contribution in [0.5, 0.6) is 0 Å². The van der Waals surface area contributed by atoms with Crippen molar-refractivity contribution in [1.82, 2.24) is 0 Å². The fraction of sp³-hybridized carbons (Fsp3) is 0.571. The molecule has 0 N–H and O–H groups in total. The zero-order valence-electron chi connectivity index (χ0n) is 14.6. The summed E-state index contributed by atoms with van der Waals surface area (Å²) in [7, 11) is 0. The monoisotopic (exact) mass is 287 g/mol. The summed E-state index contributed by atoms with van der Waals surface area (Å²) in [5.74, 6) is 0.746. The first-order valence-corrected chi connectivity index (χ1v) is 8.79. The summed E-state index contributed by atoms with van der Waals surface area (Å²) in [6.45, 7) is 8.88. The maximum absolute atomic E-state index is 2.46. The summed E-state index contributed by atoms with van der Waals surface area (Å²) in [4.78, 5) is 0. The zero-order valence-corrected chi connectivity index (χ0v) is 14.6. The molecule has 0 heteroatoms.